The maximum absolute atomic E-state index is 5.50. The van der Waals surface area contributed by atoms with E-state index in [1.54, 1.807) is 6.20 Å². The van der Waals surface area contributed by atoms with Gasteiger partial charge in [0.2, 0.25) is 5.58 Å². The van der Waals surface area contributed by atoms with Crippen LogP contribution >= 0.6 is 0 Å². The number of nitrogens with one attached hydrogen (secondary N) is 1. The number of aryl methyl sites for hydroxylation is 1. The summed E-state index contributed by atoms with van der Waals surface area (Å²) in [5.74, 6) is 0.618. The molecule has 1 fully saturated rings. The highest BCUT2D eigenvalue weighted by Gasteiger charge is 2.17. The lowest BCUT2D eigenvalue weighted by Gasteiger charge is -2.22. The summed E-state index contributed by atoms with van der Waals surface area (Å²) >= 11 is 0. The molecule has 1 aliphatic heterocycles. The number of nitrogens with zero attached hydrogens (tertiary/aromatic N) is 3. The van der Waals surface area contributed by atoms with Gasteiger partial charge >= 0.3 is 0 Å². The molecule has 3 aromatic rings. The Morgan fingerprint density at radius 3 is 2.96 bits per heavy atom. The first-order valence-electron chi connectivity index (χ1n) is 8.30. The number of hydrogen-bond acceptors (Lipinski definition) is 6. The first kappa shape index (κ1) is 15.1. The van der Waals surface area contributed by atoms with E-state index >= 15 is 0 Å². The van der Waals surface area contributed by atoms with Crippen molar-refractivity contribution < 1.29 is 9.26 Å². The second kappa shape index (κ2) is 6.57. The Morgan fingerprint density at radius 2 is 2.17 bits per heavy atom. The molecule has 0 saturated carbocycles. The Labute approximate surface area is 140 Å². The van der Waals surface area contributed by atoms with E-state index in [2.05, 4.69) is 15.5 Å². The Morgan fingerprint density at radius 1 is 1.29 bits per heavy atom. The number of anilines is 1. The summed E-state index contributed by atoms with van der Waals surface area (Å²) in [4.78, 5) is 8.89. The van der Waals surface area contributed by atoms with Gasteiger partial charge in [0, 0.05) is 37.7 Å². The van der Waals surface area contributed by atoms with Gasteiger partial charge in [0.25, 0.3) is 0 Å². The van der Waals surface area contributed by atoms with Crippen LogP contribution in [0.4, 0.5) is 5.69 Å². The minimum Gasteiger partial charge on any atom is -0.382 e. The van der Waals surface area contributed by atoms with E-state index in [4.69, 9.17) is 14.2 Å². The third-order valence-electron chi connectivity index (χ3n) is 4.47. The van der Waals surface area contributed by atoms with E-state index in [1.807, 2.05) is 31.3 Å². The van der Waals surface area contributed by atoms with Crippen molar-refractivity contribution in [1.29, 1.82) is 0 Å². The normalized spacial score (nSPS) is 15.7. The van der Waals surface area contributed by atoms with Gasteiger partial charge in [0.15, 0.2) is 0 Å². The molecule has 4 rings (SSSR count). The van der Waals surface area contributed by atoms with E-state index in [0.717, 1.165) is 60.8 Å². The molecule has 0 radical (unpaired) electrons. The van der Waals surface area contributed by atoms with Gasteiger partial charge in [-0.3, -0.25) is 4.98 Å². The number of hydrogen-bond donors (Lipinski definition) is 1. The van der Waals surface area contributed by atoms with Crippen LogP contribution in [-0.2, 0) is 4.74 Å². The molecule has 1 saturated heterocycles. The highest BCUT2D eigenvalue weighted by Crippen LogP contribution is 2.30. The van der Waals surface area contributed by atoms with E-state index in [1.165, 1.54) is 0 Å². The highest BCUT2D eigenvalue weighted by molar-refractivity contribution is 5.90. The number of ether oxygens (including phenoxy) is 1. The molecule has 3 aromatic heterocycles. The van der Waals surface area contributed by atoms with Crippen molar-refractivity contribution in [3.63, 3.8) is 0 Å². The van der Waals surface area contributed by atoms with Crippen LogP contribution in [0.1, 0.15) is 18.5 Å². The summed E-state index contributed by atoms with van der Waals surface area (Å²) in [6.45, 7) is 4.50. The number of aromatic nitrogens is 3. The zero-order valence-electron chi connectivity index (χ0n) is 13.7. The molecule has 6 nitrogen and oxygen atoms in total. The standard InChI is InChI=1S/C18H20N4O2/c1-12-17-18(24-22-12)16(20-10-13-4-7-23-8-5-13)9-15(21-17)14-3-2-6-19-11-14/h2-3,6,9,11,13H,4-5,7-8,10H2,1H3,(H,20,21). The van der Waals surface area contributed by atoms with E-state index in [0.29, 0.717) is 11.5 Å². The molecule has 124 valence electrons. The van der Waals surface area contributed by atoms with Crippen LogP contribution in [-0.4, -0.2) is 34.9 Å². The van der Waals surface area contributed by atoms with E-state index < -0.39 is 0 Å². The lowest BCUT2D eigenvalue weighted by atomic mass is 10.0. The largest absolute Gasteiger partial charge is 0.382 e. The van der Waals surface area contributed by atoms with Gasteiger partial charge in [0.05, 0.1) is 11.4 Å². The zero-order valence-corrected chi connectivity index (χ0v) is 13.7. The lowest BCUT2D eigenvalue weighted by Crippen LogP contribution is -2.22. The van der Waals surface area contributed by atoms with Crippen LogP contribution in [0.25, 0.3) is 22.4 Å². The second-order valence-electron chi connectivity index (χ2n) is 6.18. The number of rotatable bonds is 4. The summed E-state index contributed by atoms with van der Waals surface area (Å²) in [5, 5.41) is 7.60. The van der Waals surface area contributed by atoms with Crippen molar-refractivity contribution in [2.24, 2.45) is 5.92 Å². The molecule has 0 bridgehead atoms. The molecule has 0 aliphatic carbocycles. The summed E-state index contributed by atoms with van der Waals surface area (Å²) in [6, 6.07) is 5.94. The van der Waals surface area contributed by atoms with Crippen molar-refractivity contribution in [2.75, 3.05) is 25.1 Å². The third-order valence-corrected chi connectivity index (χ3v) is 4.47. The van der Waals surface area contributed by atoms with Gasteiger partial charge in [-0.25, -0.2) is 4.98 Å². The quantitative estimate of drug-likeness (QED) is 0.792. The summed E-state index contributed by atoms with van der Waals surface area (Å²) in [7, 11) is 0. The Hall–Kier alpha value is -2.47. The smallest absolute Gasteiger partial charge is 0.208 e. The third kappa shape index (κ3) is 2.97. The molecule has 0 unspecified atom stereocenters. The average molecular weight is 324 g/mol. The van der Waals surface area contributed by atoms with E-state index in [9.17, 15) is 0 Å². The van der Waals surface area contributed by atoms with Crippen LogP contribution in [0.3, 0.4) is 0 Å². The van der Waals surface area contributed by atoms with Crippen LogP contribution < -0.4 is 5.32 Å². The first-order valence-corrected chi connectivity index (χ1v) is 8.30. The SMILES string of the molecule is Cc1noc2c(NCC3CCOCC3)cc(-c3cccnc3)nc12. The van der Waals surface area contributed by atoms with Gasteiger partial charge in [-0.15, -0.1) is 0 Å². The highest BCUT2D eigenvalue weighted by atomic mass is 16.5. The average Bonchev–Trinajstić information content (AvgIpc) is 3.02. The molecule has 0 aromatic carbocycles. The Balaban J connectivity index is 1.67. The number of pyridine rings is 2. The van der Waals surface area contributed by atoms with Gasteiger partial charge < -0.3 is 14.6 Å². The van der Waals surface area contributed by atoms with E-state index in [-0.39, 0.29) is 0 Å². The minimum atomic E-state index is 0.618. The molecule has 6 heteroatoms. The lowest BCUT2D eigenvalue weighted by molar-refractivity contribution is 0.0699. The molecule has 24 heavy (non-hydrogen) atoms. The zero-order chi connectivity index (χ0) is 16.4. The van der Waals surface area contributed by atoms with Crippen molar-refractivity contribution in [2.45, 2.75) is 19.8 Å². The fourth-order valence-corrected chi connectivity index (χ4v) is 3.03. The summed E-state index contributed by atoms with van der Waals surface area (Å²) < 4.78 is 10.9. The van der Waals surface area contributed by atoms with Crippen molar-refractivity contribution >= 4 is 16.8 Å². The Kier molecular flexibility index (Phi) is 4.13. The van der Waals surface area contributed by atoms with Gasteiger partial charge in [0.1, 0.15) is 11.2 Å². The maximum Gasteiger partial charge on any atom is 0.208 e. The van der Waals surface area contributed by atoms with Crippen LogP contribution in [0.15, 0.2) is 35.1 Å². The Bertz CT molecular complexity index is 826. The summed E-state index contributed by atoms with van der Waals surface area (Å²) in [6.07, 6.45) is 5.76. The molecular weight excluding hydrogens is 304 g/mol. The topological polar surface area (TPSA) is 73.1 Å². The minimum absolute atomic E-state index is 0.618. The van der Waals surface area contributed by atoms with Crippen molar-refractivity contribution in [1.82, 2.24) is 15.1 Å². The van der Waals surface area contributed by atoms with Crippen molar-refractivity contribution in [3.8, 4) is 11.3 Å². The van der Waals surface area contributed by atoms with Gasteiger partial charge in [-0.1, -0.05) is 5.16 Å². The summed E-state index contributed by atoms with van der Waals surface area (Å²) in [5.41, 5.74) is 5.10. The molecule has 4 heterocycles. The molecule has 0 spiro atoms. The van der Waals surface area contributed by atoms with Crippen LogP contribution in [0.5, 0.6) is 0 Å². The monoisotopic (exact) mass is 324 g/mol. The molecule has 0 atom stereocenters. The first-order chi connectivity index (χ1) is 11.8. The van der Waals surface area contributed by atoms with Gasteiger partial charge in [-0.2, -0.15) is 0 Å². The fraction of sp³-hybridized carbons (Fsp3) is 0.389. The predicted molar refractivity (Wildman–Crippen MR) is 91.8 cm³/mol. The van der Waals surface area contributed by atoms with Gasteiger partial charge in [-0.05, 0) is 43.9 Å². The van der Waals surface area contributed by atoms with Crippen LogP contribution in [0, 0.1) is 12.8 Å². The molecule has 0 amide bonds. The number of fused-ring (bicyclic) bond motifs is 1. The fourth-order valence-electron chi connectivity index (χ4n) is 3.03. The predicted octanol–water partition coefficient (Wildman–Crippen LogP) is 3.43. The second-order valence-corrected chi connectivity index (χ2v) is 6.18. The molecule has 1 N–H and O–H groups in total. The van der Waals surface area contributed by atoms with Crippen molar-refractivity contribution in [3.05, 3.63) is 36.3 Å². The molecular formula is C18H20N4O2. The van der Waals surface area contributed by atoms with Crippen LogP contribution in [0.2, 0.25) is 0 Å². The molecule has 1 aliphatic rings. The maximum atomic E-state index is 5.50.